The van der Waals surface area contributed by atoms with E-state index < -0.39 is 60.2 Å². The van der Waals surface area contributed by atoms with E-state index in [4.69, 9.17) is 28.7 Å². The number of nitrogens with zero attached hydrogens (tertiary/aromatic N) is 2. The molecule has 4 atom stereocenters. The molecule has 1 fully saturated rings. The molecule has 0 aromatic heterocycles. The number of guanidine groups is 2. The zero-order chi connectivity index (χ0) is 38.3. The van der Waals surface area contributed by atoms with Gasteiger partial charge in [0.05, 0.1) is 6.54 Å². The van der Waals surface area contributed by atoms with Crippen molar-refractivity contribution in [3.05, 3.63) is 77.9 Å². The minimum absolute atomic E-state index is 0.0478. The summed E-state index contributed by atoms with van der Waals surface area (Å²) in [5.41, 5.74) is 29.7. The van der Waals surface area contributed by atoms with Gasteiger partial charge in [-0.25, -0.2) is 0 Å². The number of carbonyl (C=O) groups is 5. The summed E-state index contributed by atoms with van der Waals surface area (Å²) in [7, 11) is 0. The van der Waals surface area contributed by atoms with Crippen molar-refractivity contribution in [3.8, 4) is 0 Å². The number of hydrogen-bond donors (Lipinski definition) is 10. The molecule has 1 aliphatic heterocycles. The monoisotopic (exact) mass is 728 g/mol. The summed E-state index contributed by atoms with van der Waals surface area (Å²) in [6.45, 7) is -0.155. The SMILES string of the molecule is NC(N)=NCCC[C@@H]1NC(=O)[C@H](CCCN=C(N)N)NC(=O)[C@@H](Cc2ccc(N)cc2)NC(=O)CNC(=O)[C@H](Cc2ccc3ccccc3c2)NC1=O. The van der Waals surface area contributed by atoms with Gasteiger partial charge in [0.25, 0.3) is 0 Å². The summed E-state index contributed by atoms with van der Waals surface area (Å²) in [6.07, 6.45) is 0.884. The van der Waals surface area contributed by atoms with Crippen LogP contribution in [0.1, 0.15) is 36.8 Å². The maximum absolute atomic E-state index is 13.9. The van der Waals surface area contributed by atoms with Crippen molar-refractivity contribution in [2.24, 2.45) is 32.9 Å². The molecule has 4 rings (SSSR count). The van der Waals surface area contributed by atoms with E-state index in [-0.39, 0.29) is 50.7 Å². The zero-order valence-electron chi connectivity index (χ0n) is 29.3. The van der Waals surface area contributed by atoms with Gasteiger partial charge in [-0.1, -0.05) is 54.6 Å². The van der Waals surface area contributed by atoms with Crippen LogP contribution in [-0.2, 0) is 36.8 Å². The van der Waals surface area contributed by atoms with E-state index in [2.05, 4.69) is 36.6 Å². The Kier molecular flexibility index (Phi) is 14.3. The zero-order valence-corrected chi connectivity index (χ0v) is 29.3. The molecule has 1 heterocycles. The van der Waals surface area contributed by atoms with E-state index in [1.165, 1.54) is 0 Å². The number of benzene rings is 3. The summed E-state index contributed by atoms with van der Waals surface area (Å²) < 4.78 is 0. The quantitative estimate of drug-likeness (QED) is 0.0440. The number of nitrogen functional groups attached to an aromatic ring is 1. The third-order valence-corrected chi connectivity index (χ3v) is 8.54. The number of amides is 5. The highest BCUT2D eigenvalue weighted by atomic mass is 16.2. The first-order valence-corrected chi connectivity index (χ1v) is 17.3. The third-order valence-electron chi connectivity index (χ3n) is 8.54. The molecular weight excluding hydrogens is 680 g/mol. The fraction of sp³-hybridized carbons (Fsp3) is 0.361. The lowest BCUT2D eigenvalue weighted by molar-refractivity contribution is -0.134. The molecule has 0 saturated carbocycles. The molecule has 17 heteroatoms. The lowest BCUT2D eigenvalue weighted by Crippen LogP contribution is -2.58. The molecule has 0 spiro atoms. The van der Waals surface area contributed by atoms with Crippen LogP contribution in [0.5, 0.6) is 0 Å². The Labute approximate surface area is 307 Å². The fourth-order valence-electron chi connectivity index (χ4n) is 5.81. The van der Waals surface area contributed by atoms with Crippen molar-refractivity contribution in [3.63, 3.8) is 0 Å². The maximum Gasteiger partial charge on any atom is 0.243 e. The first kappa shape index (κ1) is 39.4. The molecule has 5 amide bonds. The summed E-state index contributed by atoms with van der Waals surface area (Å²) in [4.78, 5) is 76.5. The molecular formula is C36H48N12O5. The number of nitrogens with two attached hydrogens (primary N) is 5. The second-order valence-electron chi connectivity index (χ2n) is 12.8. The van der Waals surface area contributed by atoms with Gasteiger partial charge in [-0.3, -0.25) is 34.0 Å². The number of rotatable bonds is 12. The molecule has 0 unspecified atom stereocenters. The van der Waals surface area contributed by atoms with Crippen molar-refractivity contribution >= 4 is 57.9 Å². The molecule has 53 heavy (non-hydrogen) atoms. The number of fused-ring (bicyclic) bond motifs is 1. The Morgan fingerprint density at radius 1 is 0.585 bits per heavy atom. The van der Waals surface area contributed by atoms with E-state index in [1.807, 2.05) is 42.5 Å². The number of hydrogen-bond acceptors (Lipinski definition) is 8. The van der Waals surface area contributed by atoms with Gasteiger partial charge in [0.2, 0.25) is 29.5 Å². The van der Waals surface area contributed by atoms with Crippen molar-refractivity contribution in [2.45, 2.75) is 62.7 Å². The Bertz CT molecular complexity index is 1820. The second kappa shape index (κ2) is 19.3. The Hall–Kier alpha value is -6.39. The van der Waals surface area contributed by atoms with Crippen LogP contribution < -0.4 is 55.3 Å². The topological polar surface area (TPSA) is 300 Å². The fourth-order valence-corrected chi connectivity index (χ4v) is 5.81. The number of carbonyl (C=O) groups excluding carboxylic acids is 5. The number of nitrogens with one attached hydrogen (secondary N) is 5. The minimum atomic E-state index is -1.16. The smallest absolute Gasteiger partial charge is 0.243 e. The summed E-state index contributed by atoms with van der Waals surface area (Å²) in [6, 6.07) is 15.5. The summed E-state index contributed by atoms with van der Waals surface area (Å²) in [5.74, 6) is -3.56. The molecule has 282 valence electrons. The highest BCUT2D eigenvalue weighted by molar-refractivity contribution is 5.97. The molecule has 0 bridgehead atoms. The van der Waals surface area contributed by atoms with Crippen LogP contribution in [0.25, 0.3) is 10.8 Å². The molecule has 15 N–H and O–H groups in total. The standard InChI is InChI=1S/C36H48N12O5/c37-25-13-10-21(11-14-25)18-29-34(53)47-26(7-3-15-42-35(38)39)32(51)46-27(8-4-16-43-36(40)41)33(52)48-28(31(50)44-20-30(49)45-29)19-22-9-12-23-5-1-2-6-24(23)17-22/h1-2,5-6,9-14,17,26-29H,3-4,7-8,15-16,18-20,37H2,(H,44,50)(H,45,49)(H,46,51)(H,47,53)(H,48,52)(H4,38,39,42)(H4,40,41,43)/t26-,27-,28-,29+/m0/s1. The molecule has 0 aliphatic carbocycles. The van der Waals surface area contributed by atoms with Crippen LogP contribution >= 0.6 is 0 Å². The van der Waals surface area contributed by atoms with Crippen molar-refractivity contribution in [1.82, 2.24) is 26.6 Å². The summed E-state index contributed by atoms with van der Waals surface area (Å²) >= 11 is 0. The highest BCUT2D eigenvalue weighted by Crippen LogP contribution is 2.17. The van der Waals surface area contributed by atoms with Crippen molar-refractivity contribution in [2.75, 3.05) is 25.4 Å². The highest BCUT2D eigenvalue weighted by Gasteiger charge is 2.32. The lowest BCUT2D eigenvalue weighted by Gasteiger charge is -2.26. The molecule has 1 saturated heterocycles. The van der Waals surface area contributed by atoms with E-state index in [0.717, 1.165) is 16.3 Å². The van der Waals surface area contributed by atoms with Crippen LogP contribution in [0.3, 0.4) is 0 Å². The van der Waals surface area contributed by atoms with Crippen LogP contribution in [-0.4, -0.2) is 85.3 Å². The van der Waals surface area contributed by atoms with E-state index >= 15 is 0 Å². The molecule has 3 aromatic carbocycles. The van der Waals surface area contributed by atoms with E-state index in [1.54, 1.807) is 24.3 Å². The Morgan fingerprint density at radius 2 is 1.08 bits per heavy atom. The van der Waals surface area contributed by atoms with Gasteiger partial charge in [0, 0.05) is 31.6 Å². The van der Waals surface area contributed by atoms with Gasteiger partial charge in [0.15, 0.2) is 11.9 Å². The van der Waals surface area contributed by atoms with Crippen molar-refractivity contribution < 1.29 is 24.0 Å². The van der Waals surface area contributed by atoms with Crippen LogP contribution in [0.2, 0.25) is 0 Å². The van der Waals surface area contributed by atoms with Crippen molar-refractivity contribution in [1.29, 1.82) is 0 Å². The van der Waals surface area contributed by atoms with Gasteiger partial charge in [0.1, 0.15) is 24.2 Å². The first-order chi connectivity index (χ1) is 25.4. The largest absolute Gasteiger partial charge is 0.399 e. The van der Waals surface area contributed by atoms with E-state index in [0.29, 0.717) is 24.1 Å². The number of aliphatic imine (C=N–C) groups is 2. The maximum atomic E-state index is 13.9. The molecule has 17 nitrogen and oxygen atoms in total. The van der Waals surface area contributed by atoms with Crippen LogP contribution in [0.15, 0.2) is 76.7 Å². The second-order valence-corrected chi connectivity index (χ2v) is 12.8. The average Bonchev–Trinajstić information content (AvgIpc) is 3.12. The molecule has 0 radical (unpaired) electrons. The lowest BCUT2D eigenvalue weighted by atomic mass is 10.0. The normalized spacial score (nSPS) is 20.0. The first-order valence-electron chi connectivity index (χ1n) is 17.3. The van der Waals surface area contributed by atoms with Gasteiger partial charge in [-0.2, -0.15) is 0 Å². The molecule has 3 aromatic rings. The minimum Gasteiger partial charge on any atom is -0.399 e. The number of anilines is 1. The van der Waals surface area contributed by atoms with Gasteiger partial charge >= 0.3 is 0 Å². The van der Waals surface area contributed by atoms with Crippen LogP contribution in [0, 0.1) is 0 Å². The van der Waals surface area contributed by atoms with E-state index in [9.17, 15) is 24.0 Å². The predicted octanol–water partition coefficient (Wildman–Crippen LogP) is -1.62. The van der Waals surface area contributed by atoms with Gasteiger partial charge in [-0.05, 0) is 59.7 Å². The Morgan fingerprint density at radius 3 is 1.66 bits per heavy atom. The van der Waals surface area contributed by atoms with Gasteiger partial charge in [-0.15, -0.1) is 0 Å². The predicted molar refractivity (Wildman–Crippen MR) is 203 cm³/mol. The Balaban J connectivity index is 1.68. The average molecular weight is 729 g/mol. The molecule has 1 aliphatic rings. The summed E-state index contributed by atoms with van der Waals surface area (Å²) in [5, 5.41) is 15.5. The third kappa shape index (κ3) is 12.7. The van der Waals surface area contributed by atoms with Crippen LogP contribution in [0.4, 0.5) is 5.69 Å². The van der Waals surface area contributed by atoms with Gasteiger partial charge < -0.3 is 55.3 Å².